The summed E-state index contributed by atoms with van der Waals surface area (Å²) in [5.74, 6) is 0.867. The minimum atomic E-state index is -0.325. The van der Waals surface area contributed by atoms with Gasteiger partial charge in [-0.3, -0.25) is 0 Å². The topological polar surface area (TPSA) is 35.2 Å². The predicted octanol–water partition coefficient (Wildman–Crippen LogP) is 3.69. The predicted molar refractivity (Wildman–Crippen MR) is 82.3 cm³/mol. The molecule has 2 aromatic carbocycles. The Balaban J connectivity index is 1.95. The van der Waals surface area contributed by atoms with Crippen molar-refractivity contribution >= 4 is 11.6 Å². The largest absolute Gasteiger partial charge is 0.497 e. The van der Waals surface area contributed by atoms with E-state index in [-0.39, 0.29) is 5.54 Å². The summed E-state index contributed by atoms with van der Waals surface area (Å²) < 4.78 is 5.33. The van der Waals surface area contributed by atoms with E-state index >= 15 is 0 Å². The summed E-state index contributed by atoms with van der Waals surface area (Å²) >= 11 is 6.06. The lowest BCUT2D eigenvalue weighted by Crippen LogP contribution is -2.36. The van der Waals surface area contributed by atoms with Gasteiger partial charge in [0.2, 0.25) is 0 Å². The van der Waals surface area contributed by atoms with Crippen LogP contribution in [0.2, 0.25) is 5.02 Å². The summed E-state index contributed by atoms with van der Waals surface area (Å²) in [5, 5.41) is 0.759. The number of nitrogens with two attached hydrogens (primary N) is 1. The zero-order chi connectivity index (χ0) is 14.2. The molecular weight excluding hydrogens is 270 g/mol. The Morgan fingerprint density at radius 1 is 1.25 bits per heavy atom. The van der Waals surface area contributed by atoms with Crippen molar-refractivity contribution in [1.82, 2.24) is 0 Å². The van der Waals surface area contributed by atoms with Crippen molar-refractivity contribution in [3.8, 4) is 5.75 Å². The molecule has 0 radical (unpaired) electrons. The van der Waals surface area contributed by atoms with Crippen molar-refractivity contribution in [3.63, 3.8) is 0 Å². The fourth-order valence-corrected chi connectivity index (χ4v) is 3.26. The van der Waals surface area contributed by atoms with Gasteiger partial charge in [-0.25, -0.2) is 0 Å². The Morgan fingerprint density at radius 2 is 2.10 bits per heavy atom. The molecule has 0 saturated carbocycles. The molecule has 1 aliphatic rings. The third-order valence-electron chi connectivity index (χ3n) is 4.10. The second-order valence-corrected chi connectivity index (χ2v) is 5.92. The minimum Gasteiger partial charge on any atom is -0.497 e. The SMILES string of the molecule is COc1ccc2c(c1)C(N)(Cc1cccc(Cl)c1)CC2. The average Bonchev–Trinajstić information content (AvgIpc) is 2.76. The Kier molecular flexibility index (Phi) is 3.45. The van der Waals surface area contributed by atoms with Gasteiger partial charge in [-0.1, -0.05) is 29.8 Å². The summed E-state index contributed by atoms with van der Waals surface area (Å²) in [6, 6.07) is 14.1. The number of fused-ring (bicyclic) bond motifs is 1. The third kappa shape index (κ3) is 2.41. The van der Waals surface area contributed by atoms with Crippen LogP contribution in [0.15, 0.2) is 42.5 Å². The molecule has 0 fully saturated rings. The van der Waals surface area contributed by atoms with Crippen LogP contribution in [0.1, 0.15) is 23.1 Å². The summed E-state index contributed by atoms with van der Waals surface area (Å²) in [4.78, 5) is 0. The fraction of sp³-hybridized carbons (Fsp3) is 0.294. The van der Waals surface area contributed by atoms with E-state index in [0.717, 1.165) is 30.0 Å². The van der Waals surface area contributed by atoms with Crippen LogP contribution in [0.5, 0.6) is 5.75 Å². The highest BCUT2D eigenvalue weighted by Crippen LogP contribution is 2.39. The van der Waals surface area contributed by atoms with E-state index in [1.54, 1.807) is 7.11 Å². The van der Waals surface area contributed by atoms with E-state index in [9.17, 15) is 0 Å². The molecule has 0 bridgehead atoms. The molecule has 104 valence electrons. The molecule has 0 spiro atoms. The quantitative estimate of drug-likeness (QED) is 0.934. The molecule has 3 heteroatoms. The minimum absolute atomic E-state index is 0.325. The van der Waals surface area contributed by atoms with Crippen molar-refractivity contribution in [3.05, 3.63) is 64.2 Å². The van der Waals surface area contributed by atoms with E-state index in [0.29, 0.717) is 0 Å². The highest BCUT2D eigenvalue weighted by Gasteiger charge is 2.35. The number of hydrogen-bond acceptors (Lipinski definition) is 2. The molecule has 0 aromatic heterocycles. The molecule has 0 aliphatic heterocycles. The zero-order valence-corrected chi connectivity index (χ0v) is 12.3. The monoisotopic (exact) mass is 287 g/mol. The van der Waals surface area contributed by atoms with Crippen molar-refractivity contribution in [2.24, 2.45) is 5.73 Å². The van der Waals surface area contributed by atoms with Crippen molar-refractivity contribution < 1.29 is 4.74 Å². The maximum Gasteiger partial charge on any atom is 0.119 e. The van der Waals surface area contributed by atoms with E-state index in [4.69, 9.17) is 22.1 Å². The van der Waals surface area contributed by atoms with Crippen LogP contribution < -0.4 is 10.5 Å². The van der Waals surface area contributed by atoms with Gasteiger partial charge in [0.05, 0.1) is 7.11 Å². The Morgan fingerprint density at radius 3 is 2.85 bits per heavy atom. The van der Waals surface area contributed by atoms with Gasteiger partial charge in [0.15, 0.2) is 0 Å². The Bertz CT molecular complexity index is 641. The molecule has 1 aliphatic carbocycles. The van der Waals surface area contributed by atoms with Crippen LogP contribution in [-0.4, -0.2) is 7.11 Å². The smallest absolute Gasteiger partial charge is 0.119 e. The number of halogens is 1. The standard InChI is InChI=1S/C17H18ClNO/c1-20-15-6-5-13-7-8-17(19,16(13)10-15)11-12-3-2-4-14(18)9-12/h2-6,9-10H,7-8,11,19H2,1H3. The first-order valence-corrected chi connectivity index (χ1v) is 7.19. The van der Waals surface area contributed by atoms with Crippen LogP contribution in [0, 0.1) is 0 Å². The van der Waals surface area contributed by atoms with E-state index in [1.807, 2.05) is 24.3 Å². The Hall–Kier alpha value is -1.51. The number of benzene rings is 2. The van der Waals surface area contributed by atoms with E-state index < -0.39 is 0 Å². The molecule has 20 heavy (non-hydrogen) atoms. The molecule has 0 heterocycles. The van der Waals surface area contributed by atoms with Gasteiger partial charge < -0.3 is 10.5 Å². The summed E-state index contributed by atoms with van der Waals surface area (Å²) in [7, 11) is 1.69. The fourth-order valence-electron chi connectivity index (χ4n) is 3.05. The molecule has 1 unspecified atom stereocenters. The van der Waals surface area contributed by atoms with Crippen molar-refractivity contribution in [2.75, 3.05) is 7.11 Å². The van der Waals surface area contributed by atoms with Crippen molar-refractivity contribution in [1.29, 1.82) is 0 Å². The van der Waals surface area contributed by atoms with Crippen LogP contribution in [-0.2, 0) is 18.4 Å². The van der Waals surface area contributed by atoms with Crippen LogP contribution in [0.25, 0.3) is 0 Å². The second-order valence-electron chi connectivity index (χ2n) is 5.49. The maximum absolute atomic E-state index is 6.68. The molecule has 0 saturated heterocycles. The van der Waals surface area contributed by atoms with E-state index in [1.165, 1.54) is 16.7 Å². The van der Waals surface area contributed by atoms with Gasteiger partial charge in [0, 0.05) is 10.6 Å². The molecule has 1 atom stereocenters. The first-order chi connectivity index (χ1) is 9.60. The van der Waals surface area contributed by atoms with Gasteiger partial charge in [-0.05, 0) is 60.2 Å². The zero-order valence-electron chi connectivity index (χ0n) is 11.5. The number of rotatable bonds is 3. The molecule has 2 aromatic rings. The second kappa shape index (κ2) is 5.12. The Labute approximate surface area is 124 Å². The lowest BCUT2D eigenvalue weighted by molar-refractivity contribution is 0.407. The molecular formula is C17H18ClNO. The number of ether oxygens (including phenoxy) is 1. The van der Waals surface area contributed by atoms with Gasteiger partial charge in [-0.15, -0.1) is 0 Å². The lowest BCUT2D eigenvalue weighted by atomic mass is 9.86. The summed E-state index contributed by atoms with van der Waals surface area (Å²) in [6.07, 6.45) is 2.78. The summed E-state index contributed by atoms with van der Waals surface area (Å²) in [5.41, 5.74) is 10.1. The lowest BCUT2D eigenvalue weighted by Gasteiger charge is -2.26. The van der Waals surface area contributed by atoms with Gasteiger partial charge >= 0.3 is 0 Å². The number of methoxy groups -OCH3 is 1. The van der Waals surface area contributed by atoms with Gasteiger partial charge in [0.25, 0.3) is 0 Å². The van der Waals surface area contributed by atoms with Gasteiger partial charge in [-0.2, -0.15) is 0 Å². The normalized spacial score (nSPS) is 20.8. The molecule has 0 amide bonds. The molecule has 3 rings (SSSR count). The highest BCUT2D eigenvalue weighted by atomic mass is 35.5. The van der Waals surface area contributed by atoms with Crippen molar-refractivity contribution in [2.45, 2.75) is 24.8 Å². The average molecular weight is 288 g/mol. The van der Waals surface area contributed by atoms with Gasteiger partial charge in [0.1, 0.15) is 5.75 Å². The maximum atomic E-state index is 6.68. The van der Waals surface area contributed by atoms with Crippen LogP contribution >= 0.6 is 11.6 Å². The number of hydrogen-bond donors (Lipinski definition) is 1. The molecule has 2 N–H and O–H groups in total. The first-order valence-electron chi connectivity index (χ1n) is 6.81. The van der Waals surface area contributed by atoms with Crippen LogP contribution in [0.3, 0.4) is 0 Å². The first kappa shape index (κ1) is 13.5. The summed E-state index contributed by atoms with van der Waals surface area (Å²) in [6.45, 7) is 0. The van der Waals surface area contributed by atoms with E-state index in [2.05, 4.69) is 18.2 Å². The number of aryl methyl sites for hydroxylation is 1. The third-order valence-corrected chi connectivity index (χ3v) is 4.34. The highest BCUT2D eigenvalue weighted by molar-refractivity contribution is 6.30. The van der Waals surface area contributed by atoms with Crippen LogP contribution in [0.4, 0.5) is 0 Å². The molecule has 2 nitrogen and oxygen atoms in total.